The van der Waals surface area contributed by atoms with Crippen molar-refractivity contribution in [2.24, 2.45) is 0 Å². The topological polar surface area (TPSA) is 49.7 Å². The second-order valence-corrected chi connectivity index (χ2v) is 3.98. The smallest absolute Gasteiger partial charge is 0.162 e. The molecule has 2 N–H and O–H groups in total. The minimum absolute atomic E-state index is 0.0859. The maximum absolute atomic E-state index is 9.75. The molecule has 1 unspecified atom stereocenters. The number of rotatable bonds is 3. The van der Waals surface area contributed by atoms with Crippen molar-refractivity contribution < 1.29 is 14.9 Å². The summed E-state index contributed by atoms with van der Waals surface area (Å²) in [5.74, 6) is 0.506. The van der Waals surface area contributed by atoms with Crippen molar-refractivity contribution in [3.63, 3.8) is 0 Å². The molecule has 4 heteroatoms. The summed E-state index contributed by atoms with van der Waals surface area (Å²) in [6, 6.07) is 3.46. The summed E-state index contributed by atoms with van der Waals surface area (Å²) in [5.41, 5.74) is 0.666. The zero-order chi connectivity index (χ0) is 10.7. The van der Waals surface area contributed by atoms with Crippen LogP contribution in [-0.4, -0.2) is 23.4 Å². The highest BCUT2D eigenvalue weighted by molar-refractivity contribution is 9.10. The van der Waals surface area contributed by atoms with Crippen molar-refractivity contribution in [3.8, 4) is 11.5 Å². The number of benzene rings is 1. The summed E-state index contributed by atoms with van der Waals surface area (Å²) in [6.07, 6.45) is -0.104. The number of hydrogen-bond donors (Lipinski definition) is 2. The normalized spacial score (nSPS) is 12.6. The third kappa shape index (κ3) is 2.39. The molecule has 1 rings (SSSR count). The van der Waals surface area contributed by atoms with Crippen LogP contribution in [0.25, 0.3) is 0 Å². The maximum atomic E-state index is 9.75. The van der Waals surface area contributed by atoms with E-state index in [4.69, 9.17) is 4.74 Å². The number of aliphatic hydroxyl groups is 1. The van der Waals surface area contributed by atoms with Gasteiger partial charge in [-0.3, -0.25) is 0 Å². The summed E-state index contributed by atoms with van der Waals surface area (Å²) in [5, 5.41) is 19.0. The molecule has 0 amide bonds. The Morgan fingerprint density at radius 3 is 2.64 bits per heavy atom. The zero-order valence-corrected chi connectivity index (χ0v) is 9.71. The van der Waals surface area contributed by atoms with Gasteiger partial charge in [-0.15, -0.1) is 0 Å². The number of ether oxygens (including phenoxy) is 1. The number of aliphatic hydroxyl groups excluding tert-OH is 1. The van der Waals surface area contributed by atoms with Crippen molar-refractivity contribution in [2.45, 2.75) is 19.4 Å². The second-order valence-electron chi connectivity index (χ2n) is 3.13. The van der Waals surface area contributed by atoms with E-state index in [1.54, 1.807) is 19.1 Å². The van der Waals surface area contributed by atoms with Crippen LogP contribution in [0.5, 0.6) is 11.5 Å². The molecular weight excluding hydrogens is 248 g/mol. The van der Waals surface area contributed by atoms with Crippen molar-refractivity contribution in [2.75, 3.05) is 7.11 Å². The predicted octanol–water partition coefficient (Wildman–Crippen LogP) is 2.09. The lowest BCUT2D eigenvalue weighted by atomic mass is 10.1. The number of methoxy groups -OCH3 is 1. The molecule has 78 valence electrons. The van der Waals surface area contributed by atoms with Gasteiger partial charge in [0, 0.05) is 16.5 Å². The molecular formula is C10H13BrO3. The summed E-state index contributed by atoms with van der Waals surface area (Å²) in [7, 11) is 1.50. The van der Waals surface area contributed by atoms with Crippen LogP contribution in [-0.2, 0) is 6.42 Å². The molecule has 1 atom stereocenters. The van der Waals surface area contributed by atoms with E-state index >= 15 is 0 Å². The number of phenols is 1. The van der Waals surface area contributed by atoms with Gasteiger partial charge in [0.1, 0.15) is 0 Å². The molecule has 0 aliphatic rings. The van der Waals surface area contributed by atoms with Gasteiger partial charge in [0.05, 0.1) is 13.2 Å². The van der Waals surface area contributed by atoms with E-state index in [-0.39, 0.29) is 5.75 Å². The molecule has 0 bridgehead atoms. The van der Waals surface area contributed by atoms with Crippen LogP contribution < -0.4 is 4.74 Å². The van der Waals surface area contributed by atoms with Crippen LogP contribution in [0.3, 0.4) is 0 Å². The summed E-state index contributed by atoms with van der Waals surface area (Å²) >= 11 is 3.31. The van der Waals surface area contributed by atoms with Gasteiger partial charge in [0.25, 0.3) is 0 Å². The molecule has 1 aromatic rings. The highest BCUT2D eigenvalue weighted by Crippen LogP contribution is 2.35. The summed E-state index contributed by atoms with van der Waals surface area (Å²) in [6.45, 7) is 1.67. The van der Waals surface area contributed by atoms with Crippen molar-refractivity contribution in [3.05, 3.63) is 22.2 Å². The second kappa shape index (κ2) is 4.66. The van der Waals surface area contributed by atoms with Gasteiger partial charge in [-0.25, -0.2) is 0 Å². The van der Waals surface area contributed by atoms with Crippen LogP contribution >= 0.6 is 15.9 Å². The van der Waals surface area contributed by atoms with E-state index in [2.05, 4.69) is 15.9 Å². The minimum atomic E-state index is -0.496. The Balaban J connectivity index is 3.11. The highest BCUT2D eigenvalue weighted by Gasteiger charge is 2.13. The quantitative estimate of drug-likeness (QED) is 0.875. The van der Waals surface area contributed by atoms with Gasteiger partial charge in [-0.2, -0.15) is 0 Å². The minimum Gasteiger partial charge on any atom is -0.504 e. The van der Waals surface area contributed by atoms with Crippen LogP contribution in [0, 0.1) is 0 Å². The monoisotopic (exact) mass is 260 g/mol. The third-order valence-corrected chi connectivity index (χ3v) is 2.65. The zero-order valence-electron chi connectivity index (χ0n) is 8.12. The fourth-order valence-electron chi connectivity index (χ4n) is 1.24. The van der Waals surface area contributed by atoms with E-state index in [0.717, 1.165) is 4.47 Å². The van der Waals surface area contributed by atoms with Gasteiger partial charge in [-0.05, 0) is 19.1 Å². The molecule has 0 aliphatic carbocycles. The lowest BCUT2D eigenvalue weighted by Gasteiger charge is -2.12. The standard InChI is InChI=1S/C10H13BrO3/c1-6(12)5-7-8(11)3-4-9(14-2)10(7)13/h3-4,6,12-13H,5H2,1-2H3. The lowest BCUT2D eigenvalue weighted by Crippen LogP contribution is -2.05. The van der Waals surface area contributed by atoms with Crippen molar-refractivity contribution in [1.29, 1.82) is 0 Å². The Kier molecular flexibility index (Phi) is 3.77. The highest BCUT2D eigenvalue weighted by atomic mass is 79.9. The fraction of sp³-hybridized carbons (Fsp3) is 0.400. The number of hydrogen-bond acceptors (Lipinski definition) is 3. The van der Waals surface area contributed by atoms with Crippen LogP contribution in [0.15, 0.2) is 16.6 Å². The van der Waals surface area contributed by atoms with Gasteiger partial charge in [0.2, 0.25) is 0 Å². The Hall–Kier alpha value is -0.740. The Bertz CT molecular complexity index is 323. The van der Waals surface area contributed by atoms with Gasteiger partial charge in [0.15, 0.2) is 11.5 Å². The molecule has 0 saturated carbocycles. The van der Waals surface area contributed by atoms with Gasteiger partial charge < -0.3 is 14.9 Å². The van der Waals surface area contributed by atoms with E-state index in [1.807, 2.05) is 0 Å². The first-order valence-electron chi connectivity index (χ1n) is 4.28. The first-order valence-corrected chi connectivity index (χ1v) is 5.08. The summed E-state index contributed by atoms with van der Waals surface area (Å²) < 4.78 is 5.74. The fourth-order valence-corrected chi connectivity index (χ4v) is 1.73. The predicted molar refractivity (Wildman–Crippen MR) is 57.7 cm³/mol. The molecule has 0 radical (unpaired) electrons. The van der Waals surface area contributed by atoms with E-state index < -0.39 is 6.10 Å². The number of halogens is 1. The van der Waals surface area contributed by atoms with Crippen LogP contribution in [0.1, 0.15) is 12.5 Å². The van der Waals surface area contributed by atoms with Crippen LogP contribution in [0.2, 0.25) is 0 Å². The average molecular weight is 261 g/mol. The van der Waals surface area contributed by atoms with Crippen molar-refractivity contribution in [1.82, 2.24) is 0 Å². The number of phenolic OH excluding ortho intramolecular Hbond substituents is 1. The molecule has 0 spiro atoms. The van der Waals surface area contributed by atoms with E-state index in [9.17, 15) is 10.2 Å². The summed E-state index contributed by atoms with van der Waals surface area (Å²) in [4.78, 5) is 0. The Morgan fingerprint density at radius 1 is 1.50 bits per heavy atom. The SMILES string of the molecule is COc1ccc(Br)c(CC(C)O)c1O. The molecule has 1 aromatic carbocycles. The van der Waals surface area contributed by atoms with E-state index in [1.165, 1.54) is 7.11 Å². The maximum Gasteiger partial charge on any atom is 0.162 e. The van der Waals surface area contributed by atoms with Gasteiger partial charge in [-0.1, -0.05) is 15.9 Å². The first-order chi connectivity index (χ1) is 6.56. The Labute approximate surface area is 91.5 Å². The van der Waals surface area contributed by atoms with E-state index in [0.29, 0.717) is 17.7 Å². The Morgan fingerprint density at radius 2 is 2.14 bits per heavy atom. The van der Waals surface area contributed by atoms with Crippen molar-refractivity contribution >= 4 is 15.9 Å². The largest absolute Gasteiger partial charge is 0.504 e. The molecule has 0 aliphatic heterocycles. The molecule has 0 aromatic heterocycles. The lowest BCUT2D eigenvalue weighted by molar-refractivity contribution is 0.193. The molecule has 0 heterocycles. The molecule has 0 fully saturated rings. The third-order valence-electron chi connectivity index (χ3n) is 1.91. The molecule has 14 heavy (non-hydrogen) atoms. The van der Waals surface area contributed by atoms with Crippen LogP contribution in [0.4, 0.5) is 0 Å². The first kappa shape index (κ1) is 11.3. The molecule has 3 nitrogen and oxygen atoms in total. The number of aromatic hydroxyl groups is 1. The average Bonchev–Trinajstić information content (AvgIpc) is 2.12. The molecule has 0 saturated heterocycles. The van der Waals surface area contributed by atoms with Gasteiger partial charge >= 0.3 is 0 Å².